The van der Waals surface area contributed by atoms with E-state index < -0.39 is 24.6 Å². The largest absolute Gasteiger partial charge is 0.445 e. The van der Waals surface area contributed by atoms with E-state index in [0.717, 1.165) is 6.07 Å². The number of ether oxygens (including phenoxy) is 1. The van der Waals surface area contributed by atoms with Crippen LogP contribution >= 0.6 is 12.2 Å². The van der Waals surface area contributed by atoms with Gasteiger partial charge in [0.25, 0.3) is 0 Å². The molecule has 1 amide bonds. The number of hydrogen-bond donors (Lipinski definition) is 1. The molecule has 5 nitrogen and oxygen atoms in total. The lowest BCUT2D eigenvalue weighted by molar-refractivity contribution is -0.142. The van der Waals surface area contributed by atoms with E-state index in [9.17, 15) is 18.0 Å². The molecule has 96 valence electrons. The van der Waals surface area contributed by atoms with Crippen molar-refractivity contribution >= 4 is 29.3 Å². The fourth-order valence-electron chi connectivity index (χ4n) is 1.10. The number of amides is 1. The van der Waals surface area contributed by atoms with Crippen LogP contribution in [0.4, 0.5) is 23.8 Å². The average molecular weight is 277 g/mol. The molecule has 0 bridgehead atoms. The number of alkyl halides is 3. The second-order valence-corrected chi connectivity index (χ2v) is 3.17. The summed E-state index contributed by atoms with van der Waals surface area (Å²) >= 11 is 4.27. The lowest BCUT2D eigenvalue weighted by Gasteiger charge is -2.11. The van der Waals surface area contributed by atoms with Gasteiger partial charge in [-0.1, -0.05) is 0 Å². The Bertz CT molecular complexity index is 512. The number of nitrogens with two attached hydrogens (primary N) is 1. The van der Waals surface area contributed by atoms with Gasteiger partial charge in [0.2, 0.25) is 0 Å². The van der Waals surface area contributed by atoms with Gasteiger partial charge in [-0.15, -0.1) is 0 Å². The minimum Gasteiger partial charge on any atom is -0.445 e. The molecule has 0 radical (unpaired) electrons. The Hall–Kier alpha value is -1.99. The highest BCUT2D eigenvalue weighted by Crippen LogP contribution is 2.32. The van der Waals surface area contributed by atoms with Gasteiger partial charge in [-0.25, -0.2) is 9.78 Å². The number of isothiocyanates is 1. The molecule has 0 spiro atoms. The monoisotopic (exact) mass is 277 g/mol. The molecular weight excluding hydrogens is 271 g/mol. The number of nitrogens with zero attached hydrogens (tertiary/aromatic N) is 2. The van der Waals surface area contributed by atoms with E-state index in [-0.39, 0.29) is 11.4 Å². The summed E-state index contributed by atoms with van der Waals surface area (Å²) in [6, 6.07) is 2.26. The van der Waals surface area contributed by atoms with Gasteiger partial charge < -0.3 is 10.5 Å². The van der Waals surface area contributed by atoms with E-state index in [4.69, 9.17) is 0 Å². The Morgan fingerprint density at radius 3 is 2.72 bits per heavy atom. The lowest BCUT2D eigenvalue weighted by atomic mass is 10.2. The summed E-state index contributed by atoms with van der Waals surface area (Å²) in [5, 5.41) is 1.91. The summed E-state index contributed by atoms with van der Waals surface area (Å²) in [5.74, 6) is -0.236. The molecule has 1 aromatic rings. The van der Waals surface area contributed by atoms with Crippen LogP contribution in [-0.2, 0) is 17.5 Å². The van der Waals surface area contributed by atoms with E-state index in [2.05, 4.69) is 32.7 Å². The van der Waals surface area contributed by atoms with E-state index >= 15 is 0 Å². The number of pyridine rings is 1. The van der Waals surface area contributed by atoms with Crippen LogP contribution in [0.25, 0.3) is 0 Å². The molecule has 1 aromatic heterocycles. The molecule has 0 aliphatic rings. The number of hydrogen-bond acceptors (Lipinski definition) is 5. The zero-order valence-corrected chi connectivity index (χ0v) is 9.51. The summed E-state index contributed by atoms with van der Waals surface area (Å²) in [4.78, 5) is 17.0. The second-order valence-electron chi connectivity index (χ2n) is 2.99. The van der Waals surface area contributed by atoms with E-state index in [1.54, 1.807) is 0 Å². The Labute approximate surface area is 104 Å². The molecule has 0 aliphatic heterocycles. The van der Waals surface area contributed by atoms with Crippen LogP contribution in [-0.4, -0.2) is 16.2 Å². The smallest absolute Gasteiger partial charge is 0.433 e. The Kier molecular flexibility index (Phi) is 4.35. The Morgan fingerprint density at radius 2 is 2.22 bits per heavy atom. The summed E-state index contributed by atoms with van der Waals surface area (Å²) in [6.07, 6.45) is -5.88. The molecule has 0 aliphatic carbocycles. The molecule has 0 atom stereocenters. The highest BCUT2D eigenvalue weighted by atomic mass is 32.1. The number of rotatable bonds is 3. The fraction of sp³-hybridized carbons (Fsp3) is 0.222. The maximum atomic E-state index is 12.7. The van der Waals surface area contributed by atoms with Crippen molar-refractivity contribution in [3.63, 3.8) is 0 Å². The maximum Gasteiger partial charge on any atom is 0.433 e. The van der Waals surface area contributed by atoms with Gasteiger partial charge in [0, 0.05) is 5.56 Å². The number of primary amides is 1. The molecule has 9 heteroatoms. The third-order valence-electron chi connectivity index (χ3n) is 1.76. The van der Waals surface area contributed by atoms with Crippen molar-refractivity contribution in [3.05, 3.63) is 23.4 Å². The normalized spacial score (nSPS) is 10.6. The third kappa shape index (κ3) is 3.79. The Morgan fingerprint density at radius 1 is 1.56 bits per heavy atom. The number of carbonyl (C=O) groups excluding carboxylic acids is 1. The van der Waals surface area contributed by atoms with Gasteiger partial charge >= 0.3 is 12.3 Å². The molecule has 0 saturated carbocycles. The summed E-state index contributed by atoms with van der Waals surface area (Å²) in [6.45, 7) is -0.626. The highest BCUT2D eigenvalue weighted by molar-refractivity contribution is 7.78. The number of thiocarbonyl (C=S) groups is 1. The van der Waals surface area contributed by atoms with Crippen molar-refractivity contribution in [1.82, 2.24) is 4.98 Å². The summed E-state index contributed by atoms with van der Waals surface area (Å²) in [5.41, 5.74) is 3.13. The van der Waals surface area contributed by atoms with Crippen molar-refractivity contribution in [2.24, 2.45) is 10.7 Å². The van der Waals surface area contributed by atoms with Crippen LogP contribution in [0.3, 0.4) is 0 Å². The zero-order valence-electron chi connectivity index (χ0n) is 8.69. The first-order valence-corrected chi connectivity index (χ1v) is 4.82. The predicted octanol–water partition coefficient (Wildman–Crippen LogP) is 2.43. The molecule has 1 heterocycles. The molecule has 0 saturated heterocycles. The van der Waals surface area contributed by atoms with Crippen molar-refractivity contribution in [2.45, 2.75) is 12.8 Å². The van der Waals surface area contributed by atoms with Crippen LogP contribution in [0.1, 0.15) is 11.3 Å². The van der Waals surface area contributed by atoms with E-state index in [1.807, 2.05) is 5.16 Å². The van der Waals surface area contributed by atoms with Crippen LogP contribution < -0.4 is 5.73 Å². The average Bonchev–Trinajstić information content (AvgIpc) is 2.26. The first kappa shape index (κ1) is 14.1. The van der Waals surface area contributed by atoms with Gasteiger partial charge in [-0.3, -0.25) is 0 Å². The zero-order chi connectivity index (χ0) is 13.8. The highest BCUT2D eigenvalue weighted by Gasteiger charge is 2.36. The SMILES string of the molecule is NC(=O)OCc1ccc(N=C=S)nc1C(F)(F)F. The molecular formula is C9H6F3N3O2S. The van der Waals surface area contributed by atoms with Gasteiger partial charge in [0.15, 0.2) is 11.5 Å². The summed E-state index contributed by atoms with van der Waals surface area (Å²) in [7, 11) is 0. The molecule has 0 aromatic carbocycles. The molecule has 18 heavy (non-hydrogen) atoms. The minimum atomic E-state index is -4.71. The molecule has 2 N–H and O–H groups in total. The number of carbonyl (C=O) groups is 1. The number of aromatic nitrogens is 1. The van der Waals surface area contributed by atoms with Gasteiger partial charge in [-0.2, -0.15) is 18.2 Å². The van der Waals surface area contributed by atoms with E-state index in [1.165, 1.54) is 6.07 Å². The van der Waals surface area contributed by atoms with Gasteiger partial charge in [0.05, 0.1) is 5.16 Å². The van der Waals surface area contributed by atoms with Crippen molar-refractivity contribution < 1.29 is 22.7 Å². The molecule has 0 fully saturated rings. The number of aliphatic imine (C=N–C) groups is 1. The molecule has 1 rings (SSSR count). The lowest BCUT2D eigenvalue weighted by Crippen LogP contribution is -2.16. The van der Waals surface area contributed by atoms with Crippen LogP contribution in [0.5, 0.6) is 0 Å². The standard InChI is InChI=1S/C9H6F3N3O2S/c10-9(11,12)7-5(3-17-8(13)16)1-2-6(15-7)14-4-18/h1-2H,3H2,(H2,13,16). The molecule has 0 unspecified atom stereocenters. The fourth-order valence-corrected chi connectivity index (χ4v) is 1.19. The number of halogens is 3. The maximum absolute atomic E-state index is 12.7. The van der Waals surface area contributed by atoms with Gasteiger partial charge in [-0.05, 0) is 24.4 Å². The van der Waals surface area contributed by atoms with Crippen LogP contribution in [0.15, 0.2) is 17.1 Å². The topological polar surface area (TPSA) is 77.6 Å². The van der Waals surface area contributed by atoms with Gasteiger partial charge in [0.1, 0.15) is 6.61 Å². The third-order valence-corrected chi connectivity index (χ3v) is 1.85. The minimum absolute atomic E-state index is 0.236. The summed E-state index contributed by atoms with van der Waals surface area (Å²) < 4.78 is 42.3. The quantitative estimate of drug-likeness (QED) is 0.680. The second kappa shape index (κ2) is 5.56. The first-order chi connectivity index (χ1) is 8.34. The van der Waals surface area contributed by atoms with Crippen molar-refractivity contribution in [1.29, 1.82) is 0 Å². The van der Waals surface area contributed by atoms with Crippen molar-refractivity contribution in [2.75, 3.05) is 0 Å². The van der Waals surface area contributed by atoms with Crippen molar-refractivity contribution in [3.8, 4) is 0 Å². The van der Waals surface area contributed by atoms with E-state index in [0.29, 0.717) is 0 Å². The first-order valence-electron chi connectivity index (χ1n) is 4.42. The Balaban J connectivity index is 3.16. The van der Waals surface area contributed by atoms with Crippen LogP contribution in [0.2, 0.25) is 0 Å². The predicted molar refractivity (Wildman–Crippen MR) is 58.3 cm³/mol. The van der Waals surface area contributed by atoms with Crippen LogP contribution in [0, 0.1) is 0 Å².